The van der Waals surface area contributed by atoms with Crippen molar-refractivity contribution < 1.29 is 17.9 Å². The maximum Gasteiger partial charge on any atom is 0.240 e. The summed E-state index contributed by atoms with van der Waals surface area (Å²) in [4.78, 5) is 14.4. The van der Waals surface area contributed by atoms with E-state index in [0.717, 1.165) is 35.4 Å². The third kappa shape index (κ3) is 4.37. The van der Waals surface area contributed by atoms with Crippen molar-refractivity contribution in [2.24, 2.45) is 5.92 Å². The van der Waals surface area contributed by atoms with Crippen LogP contribution in [0.2, 0.25) is 0 Å². The molecule has 0 radical (unpaired) electrons. The number of carbonyl (C=O) groups is 1. The Morgan fingerprint density at radius 3 is 2.70 bits per heavy atom. The van der Waals surface area contributed by atoms with Gasteiger partial charge in [-0.05, 0) is 60.6 Å². The van der Waals surface area contributed by atoms with Crippen molar-refractivity contribution in [1.29, 1.82) is 0 Å². The number of sulfonamides is 1. The predicted octanol–water partition coefficient (Wildman–Crippen LogP) is 3.47. The van der Waals surface area contributed by atoms with Crippen molar-refractivity contribution in [3.63, 3.8) is 0 Å². The molecule has 7 heteroatoms. The van der Waals surface area contributed by atoms with Crippen LogP contribution in [0.5, 0.6) is 5.75 Å². The molecule has 1 N–H and O–H groups in total. The number of para-hydroxylation sites is 1. The Labute approximate surface area is 178 Å². The summed E-state index contributed by atoms with van der Waals surface area (Å²) in [6, 6.07) is 12.8. The number of benzene rings is 2. The highest BCUT2D eigenvalue weighted by Crippen LogP contribution is 2.37. The van der Waals surface area contributed by atoms with E-state index < -0.39 is 10.0 Å². The number of nitrogens with zero attached hydrogens (tertiary/aromatic N) is 1. The maximum atomic E-state index is 12.7. The highest BCUT2D eigenvalue weighted by Gasteiger charge is 2.36. The van der Waals surface area contributed by atoms with Gasteiger partial charge in [-0.3, -0.25) is 4.79 Å². The van der Waals surface area contributed by atoms with Crippen molar-refractivity contribution in [2.75, 3.05) is 24.6 Å². The smallest absolute Gasteiger partial charge is 0.240 e. The Morgan fingerprint density at radius 1 is 1.20 bits per heavy atom. The largest absolute Gasteiger partial charge is 0.492 e. The summed E-state index contributed by atoms with van der Waals surface area (Å²) in [5.74, 6) is 1.43. The number of hydrogen-bond acceptors (Lipinski definition) is 4. The zero-order chi connectivity index (χ0) is 21.3. The van der Waals surface area contributed by atoms with Crippen molar-refractivity contribution >= 4 is 21.6 Å². The van der Waals surface area contributed by atoms with Gasteiger partial charge in [-0.25, -0.2) is 13.1 Å². The van der Waals surface area contributed by atoms with E-state index in [1.165, 1.54) is 0 Å². The molecule has 2 aliphatic rings. The Morgan fingerprint density at radius 2 is 1.97 bits per heavy atom. The van der Waals surface area contributed by atoms with Gasteiger partial charge in [-0.2, -0.15) is 0 Å². The highest BCUT2D eigenvalue weighted by molar-refractivity contribution is 7.89. The van der Waals surface area contributed by atoms with Gasteiger partial charge in [0.05, 0.1) is 4.90 Å². The quantitative estimate of drug-likeness (QED) is 0.654. The van der Waals surface area contributed by atoms with Crippen molar-refractivity contribution in [3.8, 4) is 5.75 Å². The Kier molecular flexibility index (Phi) is 5.84. The van der Waals surface area contributed by atoms with Crippen LogP contribution in [0.25, 0.3) is 0 Å². The van der Waals surface area contributed by atoms with Gasteiger partial charge in [0.1, 0.15) is 12.4 Å². The van der Waals surface area contributed by atoms with E-state index in [1.54, 1.807) is 23.1 Å². The number of hydrogen-bond donors (Lipinski definition) is 1. The Hall–Kier alpha value is -2.38. The van der Waals surface area contributed by atoms with Gasteiger partial charge in [-0.1, -0.05) is 32.0 Å². The Bertz CT molecular complexity index is 1040. The minimum Gasteiger partial charge on any atom is -0.492 e. The fourth-order valence-corrected chi connectivity index (χ4v) is 4.90. The summed E-state index contributed by atoms with van der Waals surface area (Å²) in [7, 11) is -3.64. The molecule has 0 atom stereocenters. The zero-order valence-electron chi connectivity index (χ0n) is 17.4. The lowest BCUT2D eigenvalue weighted by Crippen LogP contribution is -2.30. The van der Waals surface area contributed by atoms with Gasteiger partial charge in [0.2, 0.25) is 15.9 Å². The molecule has 6 nitrogen and oxygen atoms in total. The van der Waals surface area contributed by atoms with Gasteiger partial charge in [0.25, 0.3) is 0 Å². The monoisotopic (exact) mass is 428 g/mol. The SMILES string of the molecule is CC(C)c1ccccc1OCCNS(=O)(=O)c1ccc2c(c1)CCN2C(=O)C1CC1. The molecule has 1 fully saturated rings. The molecular formula is C23H28N2O4S. The third-order valence-corrected chi connectivity index (χ3v) is 7.10. The fourth-order valence-electron chi connectivity index (χ4n) is 3.83. The van der Waals surface area contributed by atoms with E-state index in [4.69, 9.17) is 4.74 Å². The van der Waals surface area contributed by atoms with Gasteiger partial charge < -0.3 is 9.64 Å². The minimum absolute atomic E-state index is 0.154. The molecule has 0 unspecified atom stereocenters. The number of anilines is 1. The average Bonchev–Trinajstić information content (AvgIpc) is 3.50. The first-order valence-corrected chi connectivity index (χ1v) is 12.0. The first-order valence-electron chi connectivity index (χ1n) is 10.5. The molecule has 2 aromatic rings. The molecule has 1 amide bonds. The van der Waals surface area contributed by atoms with Gasteiger partial charge >= 0.3 is 0 Å². The first-order chi connectivity index (χ1) is 14.4. The summed E-state index contributed by atoms with van der Waals surface area (Å²) < 4.78 is 33.8. The molecule has 4 rings (SSSR count). The second-order valence-electron chi connectivity index (χ2n) is 8.24. The van der Waals surface area contributed by atoms with Gasteiger partial charge in [0, 0.05) is 24.7 Å². The minimum atomic E-state index is -3.64. The lowest BCUT2D eigenvalue weighted by atomic mass is 10.0. The standard InChI is InChI=1S/C23H28N2O4S/c1-16(2)20-5-3-4-6-22(20)29-14-12-24-30(27,28)19-9-10-21-18(15-19)11-13-25(21)23(26)17-7-8-17/h3-6,9-10,15-17,24H,7-8,11-14H2,1-2H3. The predicted molar refractivity (Wildman–Crippen MR) is 116 cm³/mol. The van der Waals surface area contributed by atoms with Crippen LogP contribution in [0.4, 0.5) is 5.69 Å². The first kappa shape index (κ1) is 20.9. The number of nitrogens with one attached hydrogen (secondary N) is 1. The van der Waals surface area contributed by atoms with Crippen LogP contribution in [0.3, 0.4) is 0 Å². The Balaban J connectivity index is 1.37. The van der Waals surface area contributed by atoms with Crippen LogP contribution in [0.1, 0.15) is 43.7 Å². The topological polar surface area (TPSA) is 75.7 Å². The zero-order valence-corrected chi connectivity index (χ0v) is 18.2. The van der Waals surface area contributed by atoms with Crippen LogP contribution in [0, 0.1) is 5.92 Å². The maximum absolute atomic E-state index is 12.7. The molecule has 1 heterocycles. The number of ether oxygens (including phenoxy) is 1. The normalized spacial score (nSPS) is 16.0. The molecule has 160 valence electrons. The summed E-state index contributed by atoms with van der Waals surface area (Å²) in [5, 5.41) is 0. The van der Waals surface area contributed by atoms with Crippen LogP contribution in [0.15, 0.2) is 47.4 Å². The molecule has 1 saturated carbocycles. The van der Waals surface area contributed by atoms with Gasteiger partial charge in [-0.15, -0.1) is 0 Å². The number of fused-ring (bicyclic) bond motifs is 1. The van der Waals surface area contributed by atoms with E-state index >= 15 is 0 Å². The van der Waals surface area contributed by atoms with Gasteiger partial charge in [0.15, 0.2) is 0 Å². The highest BCUT2D eigenvalue weighted by atomic mass is 32.2. The molecule has 1 aliphatic heterocycles. The molecule has 30 heavy (non-hydrogen) atoms. The number of rotatable bonds is 8. The lowest BCUT2D eigenvalue weighted by molar-refractivity contribution is -0.119. The van der Waals surface area contributed by atoms with E-state index in [0.29, 0.717) is 18.9 Å². The van der Waals surface area contributed by atoms with Crippen LogP contribution >= 0.6 is 0 Å². The molecule has 0 bridgehead atoms. The fraction of sp³-hybridized carbons (Fsp3) is 0.435. The van der Waals surface area contributed by atoms with E-state index in [2.05, 4.69) is 18.6 Å². The summed E-state index contributed by atoms with van der Waals surface area (Å²) in [6.45, 7) is 5.25. The van der Waals surface area contributed by atoms with Crippen LogP contribution in [-0.2, 0) is 21.2 Å². The number of amides is 1. The van der Waals surface area contributed by atoms with E-state index in [9.17, 15) is 13.2 Å². The number of carbonyl (C=O) groups excluding carboxylic acids is 1. The molecule has 2 aromatic carbocycles. The van der Waals surface area contributed by atoms with Crippen LogP contribution < -0.4 is 14.4 Å². The summed E-state index contributed by atoms with van der Waals surface area (Å²) in [6.07, 6.45) is 2.61. The van der Waals surface area contributed by atoms with Crippen molar-refractivity contribution in [3.05, 3.63) is 53.6 Å². The molecular weight excluding hydrogens is 400 g/mol. The molecule has 0 aromatic heterocycles. The second kappa shape index (κ2) is 8.40. The molecule has 0 spiro atoms. The third-order valence-electron chi connectivity index (χ3n) is 5.64. The van der Waals surface area contributed by atoms with Crippen molar-refractivity contribution in [2.45, 2.75) is 43.9 Å². The summed E-state index contributed by atoms with van der Waals surface area (Å²) in [5.41, 5.74) is 2.86. The van der Waals surface area contributed by atoms with Crippen molar-refractivity contribution in [1.82, 2.24) is 4.72 Å². The summed E-state index contributed by atoms with van der Waals surface area (Å²) >= 11 is 0. The van der Waals surface area contributed by atoms with E-state index in [1.807, 2.05) is 24.3 Å². The molecule has 0 saturated heterocycles. The lowest BCUT2D eigenvalue weighted by Gasteiger charge is -2.17. The second-order valence-corrected chi connectivity index (χ2v) is 10.0. The molecule has 1 aliphatic carbocycles. The average molecular weight is 429 g/mol. The van der Waals surface area contributed by atoms with Crippen LogP contribution in [-0.4, -0.2) is 34.0 Å². The van der Waals surface area contributed by atoms with E-state index in [-0.39, 0.29) is 29.9 Å².